The fraction of sp³-hybridized carbons (Fsp3) is 0.143. The number of carbonyl (C=O) groups excluding carboxylic acids is 2. The summed E-state index contributed by atoms with van der Waals surface area (Å²) in [4.78, 5) is 26.5. The van der Waals surface area contributed by atoms with E-state index in [9.17, 15) is 23.1 Å². The van der Waals surface area contributed by atoms with E-state index < -0.39 is 22.6 Å². The van der Waals surface area contributed by atoms with Gasteiger partial charge in [0.15, 0.2) is 6.61 Å². The van der Waals surface area contributed by atoms with Gasteiger partial charge in [0.1, 0.15) is 15.5 Å². The molecule has 0 bridgehead atoms. The first-order chi connectivity index (χ1) is 14.8. The van der Waals surface area contributed by atoms with E-state index in [0.29, 0.717) is 6.54 Å². The zero-order valence-corrected chi connectivity index (χ0v) is 17.8. The van der Waals surface area contributed by atoms with Crippen LogP contribution in [0.15, 0.2) is 64.2 Å². The highest BCUT2D eigenvalue weighted by atomic mass is 32.2. The molecular formula is C21H18N2O6S2. The molecule has 1 aliphatic heterocycles. The van der Waals surface area contributed by atoms with Crippen LogP contribution in [0.4, 0.5) is 11.4 Å². The number of rotatable bonds is 6. The van der Waals surface area contributed by atoms with Crippen molar-refractivity contribution in [2.24, 2.45) is 0 Å². The summed E-state index contributed by atoms with van der Waals surface area (Å²) in [6, 6.07) is 14.2. The topological polar surface area (TPSA) is 113 Å². The molecule has 0 saturated carbocycles. The Morgan fingerprint density at radius 1 is 1.13 bits per heavy atom. The van der Waals surface area contributed by atoms with E-state index in [4.69, 9.17) is 4.74 Å². The average Bonchev–Trinajstić information content (AvgIpc) is 3.43. The van der Waals surface area contributed by atoms with E-state index in [2.05, 4.69) is 4.72 Å². The summed E-state index contributed by atoms with van der Waals surface area (Å²) >= 11 is 1.05. The number of para-hydroxylation sites is 1. The highest BCUT2D eigenvalue weighted by Gasteiger charge is 2.26. The van der Waals surface area contributed by atoms with Gasteiger partial charge in [-0.2, -0.15) is 0 Å². The summed E-state index contributed by atoms with van der Waals surface area (Å²) in [5.41, 5.74) is 1.67. The number of anilines is 2. The number of thiophene rings is 1. The van der Waals surface area contributed by atoms with Gasteiger partial charge >= 0.3 is 5.97 Å². The van der Waals surface area contributed by atoms with E-state index in [0.717, 1.165) is 29.0 Å². The number of nitrogens with zero attached hydrogens (tertiary/aromatic N) is 1. The van der Waals surface area contributed by atoms with Gasteiger partial charge in [-0.1, -0.05) is 24.3 Å². The number of esters is 1. The summed E-state index contributed by atoms with van der Waals surface area (Å²) in [5, 5.41) is 11.7. The Balaban J connectivity index is 1.44. The number of fused-ring (bicyclic) bond motifs is 1. The normalized spacial score (nSPS) is 13.0. The molecule has 0 unspecified atom stereocenters. The van der Waals surface area contributed by atoms with Crippen molar-refractivity contribution in [1.29, 1.82) is 0 Å². The molecule has 10 heteroatoms. The first-order valence-electron chi connectivity index (χ1n) is 9.30. The van der Waals surface area contributed by atoms with Crippen molar-refractivity contribution in [2.75, 3.05) is 22.8 Å². The lowest BCUT2D eigenvalue weighted by molar-refractivity contribution is -0.121. The number of benzene rings is 2. The summed E-state index contributed by atoms with van der Waals surface area (Å²) in [7, 11) is -3.82. The molecule has 3 aromatic rings. The minimum absolute atomic E-state index is 0.0814. The number of ether oxygens (including phenoxy) is 1. The summed E-state index contributed by atoms with van der Waals surface area (Å²) in [6.45, 7) is -0.00127. The Labute approximate surface area is 182 Å². The van der Waals surface area contributed by atoms with Crippen molar-refractivity contribution in [3.63, 3.8) is 0 Å². The highest BCUT2D eigenvalue weighted by molar-refractivity contribution is 7.94. The maximum absolute atomic E-state index is 12.5. The lowest BCUT2D eigenvalue weighted by atomic mass is 10.2. The largest absolute Gasteiger partial charge is 0.507 e. The van der Waals surface area contributed by atoms with Crippen LogP contribution in [0, 0.1) is 0 Å². The fourth-order valence-electron chi connectivity index (χ4n) is 3.27. The predicted octanol–water partition coefficient (Wildman–Crippen LogP) is 3.00. The van der Waals surface area contributed by atoms with Gasteiger partial charge in [-0.05, 0) is 47.7 Å². The van der Waals surface area contributed by atoms with Crippen molar-refractivity contribution >= 4 is 44.6 Å². The molecule has 0 radical (unpaired) electrons. The Morgan fingerprint density at radius 2 is 1.94 bits per heavy atom. The van der Waals surface area contributed by atoms with E-state index in [1.807, 2.05) is 24.3 Å². The second-order valence-corrected chi connectivity index (χ2v) is 9.63. The minimum atomic E-state index is -3.82. The van der Waals surface area contributed by atoms with Crippen molar-refractivity contribution in [3.8, 4) is 5.75 Å². The maximum Gasteiger partial charge on any atom is 0.342 e. The third kappa shape index (κ3) is 4.39. The SMILES string of the molecule is O=C(OCC(=O)N1CCc2ccccc21)c1cc(NS(=O)(=O)c2cccs2)ccc1O. The monoisotopic (exact) mass is 458 g/mol. The lowest BCUT2D eigenvalue weighted by Crippen LogP contribution is -2.33. The maximum atomic E-state index is 12.5. The first kappa shape index (κ1) is 20.9. The summed E-state index contributed by atoms with van der Waals surface area (Å²) < 4.78 is 32.3. The number of nitrogens with one attached hydrogen (secondary N) is 1. The van der Waals surface area contributed by atoms with Crippen molar-refractivity contribution < 1.29 is 27.9 Å². The Kier molecular flexibility index (Phi) is 5.66. The molecular weight excluding hydrogens is 440 g/mol. The number of hydrogen-bond acceptors (Lipinski definition) is 7. The third-order valence-corrected chi connectivity index (χ3v) is 7.52. The molecule has 1 amide bonds. The molecule has 8 nitrogen and oxygen atoms in total. The molecule has 0 aliphatic carbocycles. The van der Waals surface area contributed by atoms with Gasteiger partial charge in [0.05, 0.1) is 0 Å². The number of aromatic hydroxyl groups is 1. The molecule has 0 spiro atoms. The zero-order valence-electron chi connectivity index (χ0n) is 16.1. The van der Waals surface area contributed by atoms with Crippen LogP contribution in [-0.4, -0.2) is 38.6 Å². The van der Waals surface area contributed by atoms with Crippen LogP contribution in [0.1, 0.15) is 15.9 Å². The van der Waals surface area contributed by atoms with Gasteiger partial charge in [-0.3, -0.25) is 9.52 Å². The van der Waals surface area contributed by atoms with Crippen LogP contribution in [0.5, 0.6) is 5.75 Å². The smallest absolute Gasteiger partial charge is 0.342 e. The molecule has 1 aliphatic rings. The number of hydrogen-bond donors (Lipinski definition) is 2. The summed E-state index contributed by atoms with van der Waals surface area (Å²) in [5.74, 6) is -1.70. The molecule has 4 rings (SSSR count). The fourth-order valence-corrected chi connectivity index (χ4v) is 5.31. The number of amides is 1. The number of phenolic OH excluding ortho intramolecular Hbond substituents is 1. The molecule has 1 aromatic heterocycles. The second-order valence-electron chi connectivity index (χ2n) is 6.77. The van der Waals surface area contributed by atoms with Crippen LogP contribution in [0.2, 0.25) is 0 Å². The minimum Gasteiger partial charge on any atom is -0.507 e. The van der Waals surface area contributed by atoms with Gasteiger partial charge in [0.25, 0.3) is 15.9 Å². The van der Waals surface area contributed by atoms with Crippen LogP contribution < -0.4 is 9.62 Å². The molecule has 2 N–H and O–H groups in total. The number of carbonyl (C=O) groups is 2. The van der Waals surface area contributed by atoms with E-state index in [1.54, 1.807) is 16.3 Å². The van der Waals surface area contributed by atoms with Crippen LogP contribution >= 0.6 is 11.3 Å². The molecule has 0 fully saturated rings. The van der Waals surface area contributed by atoms with Crippen molar-refractivity contribution in [2.45, 2.75) is 10.6 Å². The van der Waals surface area contributed by atoms with Gasteiger partial charge < -0.3 is 14.7 Å². The lowest BCUT2D eigenvalue weighted by Gasteiger charge is -2.17. The summed E-state index contributed by atoms with van der Waals surface area (Å²) in [6.07, 6.45) is 0.725. The Morgan fingerprint density at radius 3 is 2.71 bits per heavy atom. The molecule has 0 atom stereocenters. The predicted molar refractivity (Wildman–Crippen MR) is 116 cm³/mol. The molecule has 2 aromatic carbocycles. The standard InChI is InChI=1S/C21H18N2O6S2/c24-18-8-7-15(22-31(27,28)20-6-3-11-30-20)12-16(18)21(26)29-13-19(25)23-10-9-14-4-1-2-5-17(14)23/h1-8,11-12,22,24H,9-10,13H2. The molecule has 0 saturated heterocycles. The average molecular weight is 459 g/mol. The molecule has 160 valence electrons. The zero-order chi connectivity index (χ0) is 22.0. The van der Waals surface area contributed by atoms with Gasteiger partial charge in [0, 0.05) is 17.9 Å². The number of sulfonamides is 1. The first-order valence-corrected chi connectivity index (χ1v) is 11.7. The molecule has 31 heavy (non-hydrogen) atoms. The molecule has 2 heterocycles. The van der Waals surface area contributed by atoms with Gasteiger partial charge in [-0.25, -0.2) is 13.2 Å². The Bertz CT molecular complexity index is 1240. The van der Waals surface area contributed by atoms with E-state index >= 15 is 0 Å². The quantitative estimate of drug-likeness (QED) is 0.434. The van der Waals surface area contributed by atoms with Gasteiger partial charge in [0.2, 0.25) is 0 Å². The van der Waals surface area contributed by atoms with E-state index in [1.165, 1.54) is 24.3 Å². The highest BCUT2D eigenvalue weighted by Crippen LogP contribution is 2.28. The van der Waals surface area contributed by atoms with Gasteiger partial charge in [-0.15, -0.1) is 11.3 Å². The van der Waals surface area contributed by atoms with Crippen LogP contribution in [-0.2, 0) is 26.0 Å². The third-order valence-electron chi connectivity index (χ3n) is 4.74. The van der Waals surface area contributed by atoms with E-state index in [-0.39, 0.29) is 27.1 Å². The number of phenols is 1. The second kappa shape index (κ2) is 8.40. The van der Waals surface area contributed by atoms with Crippen LogP contribution in [0.25, 0.3) is 0 Å². The van der Waals surface area contributed by atoms with Crippen LogP contribution in [0.3, 0.4) is 0 Å². The Hall–Kier alpha value is -3.37. The van der Waals surface area contributed by atoms with Crippen molar-refractivity contribution in [3.05, 3.63) is 71.1 Å². The van der Waals surface area contributed by atoms with Crippen molar-refractivity contribution in [1.82, 2.24) is 0 Å².